The Hall–Kier alpha value is -1.03. The van der Waals surface area contributed by atoms with Gasteiger partial charge in [0.15, 0.2) is 11.5 Å². The fraction of sp³-hybridized carbons (Fsp3) is 0.667. The topological polar surface area (TPSA) is 18.5 Å². The Bertz CT molecular complexity index is 602. The van der Waals surface area contributed by atoms with Crippen molar-refractivity contribution >= 4 is 16.6 Å². The number of benzene rings is 1. The molecule has 8 heteroatoms. The fourth-order valence-electron chi connectivity index (χ4n) is 1.59. The fourth-order valence-corrected chi connectivity index (χ4v) is 3.58. The summed E-state index contributed by atoms with van der Waals surface area (Å²) in [4.78, 5) is 0. The number of halogens is 4. The molecule has 0 radical (unpaired) electrons. The summed E-state index contributed by atoms with van der Waals surface area (Å²) in [5, 5.41) is -0.787. The van der Waals surface area contributed by atoms with Gasteiger partial charge >= 0.3 is 0 Å². The molecule has 0 aliphatic rings. The minimum Gasteiger partial charge on any atom is -0.539 e. The normalized spacial score (nSPS) is 13.8. The van der Waals surface area contributed by atoms with Gasteiger partial charge in [-0.15, -0.1) is 0 Å². The summed E-state index contributed by atoms with van der Waals surface area (Å²) in [5.74, 6) is -8.22. The maximum atomic E-state index is 14.5. The van der Waals surface area contributed by atoms with Gasteiger partial charge in [-0.1, -0.05) is 41.5 Å². The van der Waals surface area contributed by atoms with Crippen molar-refractivity contribution in [3.8, 4) is 11.5 Å². The Kier molecular flexibility index (Phi) is 6.06. The molecule has 1 rings (SSSR count). The van der Waals surface area contributed by atoms with Crippen LogP contribution in [-0.2, 0) is 0 Å². The molecule has 0 N–H and O–H groups in total. The van der Waals surface area contributed by atoms with Crippen LogP contribution >= 0.6 is 0 Å². The third-order valence-corrected chi connectivity index (χ3v) is 14.2. The summed E-state index contributed by atoms with van der Waals surface area (Å²) in [5.41, 5.74) is 0. The van der Waals surface area contributed by atoms with Gasteiger partial charge in [0.2, 0.25) is 23.3 Å². The highest BCUT2D eigenvalue weighted by Gasteiger charge is 2.44. The molecule has 0 amide bonds. The van der Waals surface area contributed by atoms with E-state index in [9.17, 15) is 17.6 Å². The van der Waals surface area contributed by atoms with E-state index in [1.807, 2.05) is 41.5 Å². The Morgan fingerprint density at radius 3 is 0.885 bits per heavy atom. The van der Waals surface area contributed by atoms with Crippen LogP contribution in [0, 0.1) is 23.3 Å². The van der Waals surface area contributed by atoms with Crippen molar-refractivity contribution < 1.29 is 26.4 Å². The first-order valence-electron chi connectivity index (χ1n) is 8.57. The van der Waals surface area contributed by atoms with Gasteiger partial charge in [0.05, 0.1) is 0 Å². The van der Waals surface area contributed by atoms with Gasteiger partial charge in [-0.25, -0.2) is 0 Å². The molecule has 0 spiro atoms. The van der Waals surface area contributed by atoms with Crippen LogP contribution in [0.5, 0.6) is 11.5 Å². The van der Waals surface area contributed by atoms with Crippen LogP contribution < -0.4 is 8.85 Å². The van der Waals surface area contributed by atoms with E-state index >= 15 is 0 Å². The third-order valence-electron chi connectivity index (χ3n) is 5.51. The van der Waals surface area contributed by atoms with Gasteiger partial charge in [0.1, 0.15) is 0 Å². The molecule has 26 heavy (non-hydrogen) atoms. The molecule has 0 atom stereocenters. The smallest absolute Gasteiger partial charge is 0.250 e. The summed E-state index contributed by atoms with van der Waals surface area (Å²) in [6, 6.07) is 0. The van der Waals surface area contributed by atoms with Crippen molar-refractivity contribution in [1.82, 2.24) is 0 Å². The Balaban J connectivity index is 3.48. The highest BCUT2D eigenvalue weighted by Crippen LogP contribution is 2.44. The second kappa shape index (κ2) is 6.85. The maximum absolute atomic E-state index is 14.5. The zero-order valence-corrected chi connectivity index (χ0v) is 19.3. The predicted molar refractivity (Wildman–Crippen MR) is 102 cm³/mol. The first-order valence-corrected chi connectivity index (χ1v) is 14.4. The van der Waals surface area contributed by atoms with Crippen LogP contribution in [-0.4, -0.2) is 16.6 Å². The van der Waals surface area contributed by atoms with E-state index in [0.29, 0.717) is 0 Å². The maximum Gasteiger partial charge on any atom is 0.250 e. The molecule has 0 saturated heterocycles. The Labute approximate surface area is 156 Å². The van der Waals surface area contributed by atoms with Crippen molar-refractivity contribution in [1.29, 1.82) is 0 Å². The molecule has 0 bridgehead atoms. The Morgan fingerprint density at radius 1 is 0.538 bits per heavy atom. The van der Waals surface area contributed by atoms with Crippen LogP contribution in [0.2, 0.25) is 36.3 Å². The molecule has 0 aliphatic carbocycles. The summed E-state index contributed by atoms with van der Waals surface area (Å²) in [6.07, 6.45) is 0. The molecule has 2 nitrogen and oxygen atoms in total. The molecular formula is C18H30F4O2Si2. The van der Waals surface area contributed by atoms with E-state index in [0.717, 1.165) is 0 Å². The molecule has 0 aliphatic heterocycles. The van der Waals surface area contributed by atoms with Gasteiger partial charge < -0.3 is 8.85 Å². The average molecular weight is 411 g/mol. The second-order valence-electron chi connectivity index (χ2n) is 9.64. The first-order chi connectivity index (χ1) is 11.3. The quantitative estimate of drug-likeness (QED) is 0.302. The lowest BCUT2D eigenvalue weighted by atomic mass is 10.2. The summed E-state index contributed by atoms with van der Waals surface area (Å²) < 4.78 is 69.2. The summed E-state index contributed by atoms with van der Waals surface area (Å²) >= 11 is 0. The van der Waals surface area contributed by atoms with E-state index in [-0.39, 0.29) is 0 Å². The monoisotopic (exact) mass is 410 g/mol. The highest BCUT2D eigenvalue weighted by molar-refractivity contribution is 6.75. The van der Waals surface area contributed by atoms with E-state index in [1.165, 1.54) is 0 Å². The van der Waals surface area contributed by atoms with Crippen molar-refractivity contribution in [2.24, 2.45) is 0 Å². The van der Waals surface area contributed by atoms with Gasteiger partial charge in [0.25, 0.3) is 16.6 Å². The number of hydrogen-bond acceptors (Lipinski definition) is 2. The third kappa shape index (κ3) is 4.27. The van der Waals surface area contributed by atoms with Gasteiger partial charge in [-0.2, -0.15) is 17.6 Å². The summed E-state index contributed by atoms with van der Waals surface area (Å²) in [7, 11) is -5.39. The van der Waals surface area contributed by atoms with E-state index < -0.39 is 61.5 Å². The molecule has 0 unspecified atom stereocenters. The van der Waals surface area contributed by atoms with Crippen LogP contribution in [0.25, 0.3) is 0 Å². The van der Waals surface area contributed by atoms with E-state index in [4.69, 9.17) is 8.85 Å². The average Bonchev–Trinajstić information content (AvgIpc) is 2.43. The first kappa shape index (κ1) is 23.0. The SMILES string of the molecule is CC(C)(C)[Si](C)(C)Oc1c(F)c(F)c(O[Si](C)(C)C(C)(C)C)c(F)c1F. The molecule has 0 fully saturated rings. The predicted octanol–water partition coefficient (Wildman–Crippen LogP) is 7.01. The van der Waals surface area contributed by atoms with Gasteiger partial charge in [0, 0.05) is 0 Å². The lowest BCUT2D eigenvalue weighted by molar-refractivity contribution is 0.346. The molecule has 0 aromatic heterocycles. The number of rotatable bonds is 4. The molecule has 1 aromatic rings. The Morgan fingerprint density at radius 2 is 0.731 bits per heavy atom. The molecule has 1 aromatic carbocycles. The lowest BCUT2D eigenvalue weighted by Gasteiger charge is -2.38. The molecular weight excluding hydrogens is 380 g/mol. The number of hydrogen-bond donors (Lipinski definition) is 0. The van der Waals surface area contributed by atoms with Gasteiger partial charge in [-0.3, -0.25) is 0 Å². The van der Waals surface area contributed by atoms with Crippen molar-refractivity contribution in [3.05, 3.63) is 23.3 Å². The molecule has 150 valence electrons. The van der Waals surface area contributed by atoms with Crippen molar-refractivity contribution in [2.45, 2.75) is 77.8 Å². The minimum absolute atomic E-state index is 0.394. The standard InChI is InChI=1S/C18H30F4O2Si2/c1-17(2,3)25(7,8)23-15-11(19)13(21)16(14(22)12(15)20)24-26(9,10)18(4,5)6/h1-10H3. The molecule has 0 saturated carbocycles. The largest absolute Gasteiger partial charge is 0.539 e. The zero-order chi connectivity index (χ0) is 20.9. The molecule has 0 heterocycles. The zero-order valence-electron chi connectivity index (χ0n) is 17.3. The second-order valence-corrected chi connectivity index (χ2v) is 19.1. The van der Waals surface area contributed by atoms with Gasteiger partial charge in [-0.05, 0) is 36.3 Å². The van der Waals surface area contributed by atoms with Crippen LogP contribution in [0.1, 0.15) is 41.5 Å². The van der Waals surface area contributed by atoms with E-state index in [1.54, 1.807) is 26.2 Å². The van der Waals surface area contributed by atoms with Crippen LogP contribution in [0.3, 0.4) is 0 Å². The highest BCUT2D eigenvalue weighted by atomic mass is 28.4. The van der Waals surface area contributed by atoms with Crippen molar-refractivity contribution in [3.63, 3.8) is 0 Å². The van der Waals surface area contributed by atoms with Crippen LogP contribution in [0.15, 0.2) is 0 Å². The lowest BCUT2D eigenvalue weighted by Crippen LogP contribution is -2.45. The summed E-state index contributed by atoms with van der Waals surface area (Å²) in [6.45, 7) is 18.1. The minimum atomic E-state index is -2.69. The van der Waals surface area contributed by atoms with Crippen LogP contribution in [0.4, 0.5) is 17.6 Å². The van der Waals surface area contributed by atoms with E-state index in [2.05, 4.69) is 0 Å². The van der Waals surface area contributed by atoms with Crippen molar-refractivity contribution in [2.75, 3.05) is 0 Å².